The normalized spacial score (nSPS) is 15.1. The highest BCUT2D eigenvalue weighted by Gasteiger charge is 2.36. The van der Waals surface area contributed by atoms with Gasteiger partial charge >= 0.3 is 0 Å². The van der Waals surface area contributed by atoms with Crippen molar-refractivity contribution in [2.75, 3.05) is 0 Å². The third-order valence-electron chi connectivity index (χ3n) is 3.86. The Morgan fingerprint density at radius 2 is 2.36 bits per heavy atom. The van der Waals surface area contributed by atoms with Gasteiger partial charge in [-0.05, 0) is 43.9 Å². The van der Waals surface area contributed by atoms with Crippen LogP contribution in [0.3, 0.4) is 0 Å². The third kappa shape index (κ3) is 2.84. The summed E-state index contributed by atoms with van der Waals surface area (Å²) in [5.74, 6) is 1.03. The van der Waals surface area contributed by atoms with E-state index in [0.717, 1.165) is 25.2 Å². The Kier molecular flexibility index (Phi) is 3.88. The summed E-state index contributed by atoms with van der Waals surface area (Å²) in [5.41, 5.74) is 0.972. The molecule has 1 aromatic heterocycles. The van der Waals surface area contributed by atoms with Crippen molar-refractivity contribution in [2.24, 2.45) is 5.92 Å². The van der Waals surface area contributed by atoms with E-state index in [0.29, 0.717) is 17.0 Å². The van der Waals surface area contributed by atoms with Crippen molar-refractivity contribution in [3.05, 3.63) is 47.5 Å². The zero-order valence-electron chi connectivity index (χ0n) is 12.4. The van der Waals surface area contributed by atoms with E-state index < -0.39 is 0 Å². The monoisotopic (exact) mass is 295 g/mol. The number of carbonyl (C=O) groups is 1. The van der Waals surface area contributed by atoms with Gasteiger partial charge in [-0.15, -0.1) is 0 Å². The van der Waals surface area contributed by atoms with E-state index in [9.17, 15) is 4.79 Å². The highest BCUT2D eigenvalue weighted by molar-refractivity contribution is 5.94. The number of nitrogens with zero attached hydrogens (tertiary/aromatic N) is 4. The van der Waals surface area contributed by atoms with Crippen LogP contribution in [0.25, 0.3) is 0 Å². The zero-order chi connectivity index (χ0) is 15.5. The molecule has 1 heterocycles. The third-order valence-corrected chi connectivity index (χ3v) is 3.86. The number of aryl methyl sites for hydroxylation is 1. The molecule has 0 aliphatic heterocycles. The summed E-state index contributed by atoms with van der Waals surface area (Å²) >= 11 is 0. The smallest absolute Gasteiger partial charge is 0.251 e. The molecule has 3 rings (SSSR count). The number of nitrogens with one attached hydrogen (secondary N) is 1. The lowest BCUT2D eigenvalue weighted by Gasteiger charge is -2.18. The maximum Gasteiger partial charge on any atom is 0.251 e. The number of aromatic nitrogens is 3. The fourth-order valence-electron chi connectivity index (χ4n) is 2.53. The first-order chi connectivity index (χ1) is 10.7. The van der Waals surface area contributed by atoms with Gasteiger partial charge in [-0.2, -0.15) is 10.4 Å². The van der Waals surface area contributed by atoms with Gasteiger partial charge in [0.15, 0.2) is 0 Å². The average molecular weight is 295 g/mol. The van der Waals surface area contributed by atoms with Crippen LogP contribution >= 0.6 is 0 Å². The van der Waals surface area contributed by atoms with E-state index >= 15 is 0 Å². The molecule has 1 aromatic carbocycles. The summed E-state index contributed by atoms with van der Waals surface area (Å²) in [6, 6.07) is 8.64. The molecule has 1 aliphatic carbocycles. The molecule has 1 saturated carbocycles. The Bertz CT molecular complexity index is 726. The van der Waals surface area contributed by atoms with Crippen molar-refractivity contribution in [1.82, 2.24) is 20.1 Å². The van der Waals surface area contributed by atoms with Crippen LogP contribution in [0.1, 0.15) is 47.6 Å². The molecule has 0 bridgehead atoms. The second-order valence-electron chi connectivity index (χ2n) is 5.42. The number of hydrogen-bond donors (Lipinski definition) is 1. The summed E-state index contributed by atoms with van der Waals surface area (Å²) in [6.45, 7) is 2.72. The zero-order valence-corrected chi connectivity index (χ0v) is 12.4. The second-order valence-corrected chi connectivity index (χ2v) is 5.42. The van der Waals surface area contributed by atoms with Crippen molar-refractivity contribution < 1.29 is 4.79 Å². The highest BCUT2D eigenvalue weighted by Crippen LogP contribution is 2.40. The van der Waals surface area contributed by atoms with Crippen LogP contribution in [-0.4, -0.2) is 20.7 Å². The minimum atomic E-state index is -0.181. The molecule has 1 atom stereocenters. The average Bonchev–Trinajstić information content (AvgIpc) is 3.29. The first kappa shape index (κ1) is 14.3. The molecule has 0 radical (unpaired) electrons. The Morgan fingerprint density at radius 1 is 1.55 bits per heavy atom. The minimum Gasteiger partial charge on any atom is -0.342 e. The number of benzene rings is 1. The molecule has 6 nitrogen and oxygen atoms in total. The van der Waals surface area contributed by atoms with E-state index in [1.165, 1.54) is 6.33 Å². The molecular formula is C16H17N5O. The predicted octanol–water partition coefficient (Wildman–Crippen LogP) is 2.05. The van der Waals surface area contributed by atoms with Gasteiger partial charge in [-0.1, -0.05) is 6.07 Å². The standard InChI is InChI=1S/C16H17N5O/c1-2-21-15(18-10-19-21)14(12-6-7-12)20-16(22)13-5-3-4-11(8-13)9-17/h3-5,8,10,12,14H,2,6-7H2,1H3,(H,20,22). The summed E-state index contributed by atoms with van der Waals surface area (Å²) in [5, 5.41) is 16.2. The van der Waals surface area contributed by atoms with Gasteiger partial charge < -0.3 is 5.32 Å². The van der Waals surface area contributed by atoms with Crippen molar-refractivity contribution in [3.63, 3.8) is 0 Å². The first-order valence-corrected chi connectivity index (χ1v) is 7.41. The topological polar surface area (TPSA) is 83.6 Å². The first-order valence-electron chi connectivity index (χ1n) is 7.41. The number of carbonyl (C=O) groups excluding carboxylic acids is 1. The van der Waals surface area contributed by atoms with Crippen LogP contribution in [0.5, 0.6) is 0 Å². The molecule has 112 valence electrons. The van der Waals surface area contributed by atoms with Gasteiger partial charge in [0.05, 0.1) is 17.7 Å². The molecule has 1 aliphatic rings. The lowest BCUT2D eigenvalue weighted by Crippen LogP contribution is -2.32. The fraction of sp³-hybridized carbons (Fsp3) is 0.375. The summed E-state index contributed by atoms with van der Waals surface area (Å²) in [4.78, 5) is 16.8. The molecule has 1 N–H and O–H groups in total. The molecule has 0 spiro atoms. The van der Waals surface area contributed by atoms with Gasteiger partial charge in [0, 0.05) is 12.1 Å². The SMILES string of the molecule is CCn1ncnc1C(NC(=O)c1cccc(C#N)c1)C1CC1. The van der Waals surface area contributed by atoms with Gasteiger partial charge in [0.25, 0.3) is 5.91 Å². The molecule has 22 heavy (non-hydrogen) atoms. The molecule has 1 fully saturated rings. The molecule has 6 heteroatoms. The van der Waals surface area contributed by atoms with Crippen LogP contribution < -0.4 is 5.32 Å². The number of rotatable bonds is 5. The fourth-order valence-corrected chi connectivity index (χ4v) is 2.53. The van der Waals surface area contributed by atoms with Crippen molar-refractivity contribution in [3.8, 4) is 6.07 Å². The molecule has 1 unspecified atom stereocenters. The van der Waals surface area contributed by atoms with Gasteiger partial charge in [-0.25, -0.2) is 9.67 Å². The Hall–Kier alpha value is -2.68. The van der Waals surface area contributed by atoms with Gasteiger partial charge in [0.1, 0.15) is 12.2 Å². The largest absolute Gasteiger partial charge is 0.342 e. The van der Waals surface area contributed by atoms with E-state index in [4.69, 9.17) is 5.26 Å². The van der Waals surface area contributed by atoms with E-state index in [1.54, 1.807) is 24.3 Å². The molecule has 1 amide bonds. The summed E-state index contributed by atoms with van der Waals surface area (Å²) < 4.78 is 1.81. The minimum absolute atomic E-state index is 0.124. The van der Waals surface area contributed by atoms with Gasteiger partial charge in [-0.3, -0.25) is 4.79 Å². The Morgan fingerprint density at radius 3 is 3.05 bits per heavy atom. The van der Waals surface area contributed by atoms with Crippen LogP contribution in [0.15, 0.2) is 30.6 Å². The van der Waals surface area contributed by atoms with Gasteiger partial charge in [0.2, 0.25) is 0 Å². The van der Waals surface area contributed by atoms with Crippen molar-refractivity contribution >= 4 is 5.91 Å². The Balaban J connectivity index is 1.82. The summed E-state index contributed by atoms with van der Waals surface area (Å²) in [6.07, 6.45) is 3.69. The molecule has 2 aromatic rings. The van der Waals surface area contributed by atoms with E-state index in [-0.39, 0.29) is 11.9 Å². The maximum absolute atomic E-state index is 12.5. The maximum atomic E-state index is 12.5. The van der Waals surface area contributed by atoms with Crippen LogP contribution in [0.2, 0.25) is 0 Å². The Labute approximate surface area is 128 Å². The van der Waals surface area contributed by atoms with Crippen LogP contribution in [0, 0.1) is 17.2 Å². The van der Waals surface area contributed by atoms with Crippen LogP contribution in [0.4, 0.5) is 0 Å². The lowest BCUT2D eigenvalue weighted by atomic mass is 10.1. The number of nitriles is 1. The second kappa shape index (κ2) is 5.98. The van der Waals surface area contributed by atoms with Crippen LogP contribution in [-0.2, 0) is 6.54 Å². The quantitative estimate of drug-likeness (QED) is 0.915. The van der Waals surface area contributed by atoms with Crippen molar-refractivity contribution in [2.45, 2.75) is 32.4 Å². The molecular weight excluding hydrogens is 278 g/mol. The lowest BCUT2D eigenvalue weighted by molar-refractivity contribution is 0.0928. The van der Waals surface area contributed by atoms with E-state index in [1.807, 2.05) is 17.7 Å². The number of hydrogen-bond acceptors (Lipinski definition) is 4. The number of amides is 1. The molecule has 0 saturated heterocycles. The van der Waals surface area contributed by atoms with E-state index in [2.05, 4.69) is 15.4 Å². The summed E-state index contributed by atoms with van der Waals surface area (Å²) in [7, 11) is 0. The van der Waals surface area contributed by atoms with Crippen molar-refractivity contribution in [1.29, 1.82) is 5.26 Å². The predicted molar refractivity (Wildman–Crippen MR) is 79.8 cm³/mol. The highest BCUT2D eigenvalue weighted by atomic mass is 16.1.